The average Bonchev–Trinajstić information content (AvgIpc) is 2.10. The number of hydrogen-bond donors (Lipinski definition) is 2. The number of carbonyl (C=O) groups excluding carboxylic acids is 1. The molecule has 1 aromatic rings. The quantitative estimate of drug-likeness (QED) is 0.433. The number of carbonyl (C=O) groups is 1. The molecule has 0 aliphatic heterocycles. The molecule has 0 spiro atoms. The van der Waals surface area contributed by atoms with Gasteiger partial charge in [-0.2, -0.15) is 0 Å². The van der Waals surface area contributed by atoms with Crippen molar-refractivity contribution in [2.24, 2.45) is 0 Å². The average molecular weight is 203 g/mol. The van der Waals surface area contributed by atoms with Crippen molar-refractivity contribution >= 4 is 28.8 Å². The van der Waals surface area contributed by atoms with Gasteiger partial charge in [0.1, 0.15) is 5.82 Å². The first kappa shape index (κ1) is 9.80. The Morgan fingerprint density at radius 3 is 2.46 bits per heavy atom. The van der Waals surface area contributed by atoms with Gasteiger partial charge in [0, 0.05) is 0 Å². The molecule has 0 fully saturated rings. The number of ketones is 1. The first-order chi connectivity index (χ1) is 6.06. The van der Waals surface area contributed by atoms with Crippen LogP contribution in [0.1, 0.15) is 10.4 Å². The Kier molecular flexibility index (Phi) is 2.72. The summed E-state index contributed by atoms with van der Waals surface area (Å²) < 4.78 is 13.1. The van der Waals surface area contributed by atoms with Gasteiger partial charge >= 0.3 is 0 Å². The molecule has 0 aliphatic carbocycles. The molecule has 0 radical (unpaired) electrons. The third-order valence-corrected chi connectivity index (χ3v) is 1.84. The van der Waals surface area contributed by atoms with E-state index in [9.17, 15) is 9.18 Å². The molecular formula is C8H8ClFN2O. The highest BCUT2D eigenvalue weighted by molar-refractivity contribution is 6.30. The second kappa shape index (κ2) is 3.62. The molecule has 0 saturated heterocycles. The van der Waals surface area contributed by atoms with Crippen molar-refractivity contribution in [3.8, 4) is 0 Å². The fourth-order valence-corrected chi connectivity index (χ4v) is 1.04. The minimum absolute atomic E-state index is 0.114. The number of anilines is 2. The maximum atomic E-state index is 13.1. The highest BCUT2D eigenvalue weighted by atomic mass is 35.5. The highest BCUT2D eigenvalue weighted by Crippen LogP contribution is 2.20. The van der Waals surface area contributed by atoms with Crippen molar-refractivity contribution in [3.63, 3.8) is 0 Å². The van der Waals surface area contributed by atoms with Gasteiger partial charge in [-0.25, -0.2) is 4.39 Å². The third kappa shape index (κ3) is 1.89. The molecule has 1 aromatic carbocycles. The van der Waals surface area contributed by atoms with E-state index < -0.39 is 11.6 Å². The largest absolute Gasteiger partial charge is 0.397 e. The molecule has 0 amide bonds. The maximum absolute atomic E-state index is 13.1. The molecule has 13 heavy (non-hydrogen) atoms. The Balaban J connectivity index is 3.23. The van der Waals surface area contributed by atoms with Crippen LogP contribution >= 0.6 is 11.6 Å². The minimum Gasteiger partial charge on any atom is -0.397 e. The number of halogens is 2. The van der Waals surface area contributed by atoms with Crippen LogP contribution in [-0.4, -0.2) is 11.7 Å². The zero-order valence-corrected chi connectivity index (χ0v) is 7.44. The molecule has 5 heteroatoms. The number of nitrogens with two attached hydrogens (primary N) is 2. The summed E-state index contributed by atoms with van der Waals surface area (Å²) in [6, 6.07) is 2.20. The molecule has 0 aliphatic rings. The lowest BCUT2D eigenvalue weighted by Crippen LogP contribution is -2.06. The standard InChI is InChI=1S/C8H8ClFN2O/c9-3-8(13)4-1-6(11)7(12)2-5(4)10/h1-2H,3,11-12H2. The van der Waals surface area contributed by atoms with Gasteiger partial charge in [-0.3, -0.25) is 4.79 Å². The molecule has 1 rings (SSSR count). The minimum atomic E-state index is -0.697. The van der Waals surface area contributed by atoms with Gasteiger partial charge in [0.25, 0.3) is 0 Å². The molecule has 0 atom stereocenters. The number of hydrogen-bond acceptors (Lipinski definition) is 3. The first-order valence-electron chi connectivity index (χ1n) is 3.50. The van der Waals surface area contributed by atoms with Crippen molar-refractivity contribution in [3.05, 3.63) is 23.5 Å². The fraction of sp³-hybridized carbons (Fsp3) is 0.125. The maximum Gasteiger partial charge on any atom is 0.180 e. The van der Waals surface area contributed by atoms with Gasteiger partial charge in [-0.15, -0.1) is 11.6 Å². The summed E-state index contributed by atoms with van der Waals surface area (Å²) in [6.07, 6.45) is 0. The number of benzene rings is 1. The van der Waals surface area contributed by atoms with E-state index >= 15 is 0 Å². The smallest absolute Gasteiger partial charge is 0.180 e. The molecule has 70 valence electrons. The number of Topliss-reactive ketones (excluding diaryl/α,β-unsaturated/α-hetero) is 1. The van der Waals surface area contributed by atoms with Crippen molar-refractivity contribution in [2.75, 3.05) is 17.3 Å². The van der Waals surface area contributed by atoms with E-state index in [1.807, 2.05) is 0 Å². The summed E-state index contributed by atoms with van der Waals surface area (Å²) in [4.78, 5) is 11.0. The van der Waals surface area contributed by atoms with Crippen molar-refractivity contribution in [1.82, 2.24) is 0 Å². The number of rotatable bonds is 2. The Morgan fingerprint density at radius 1 is 1.38 bits per heavy atom. The summed E-state index contributed by atoms with van der Waals surface area (Å²) in [7, 11) is 0. The molecule has 0 bridgehead atoms. The Morgan fingerprint density at radius 2 is 1.92 bits per heavy atom. The Labute approximate surface area is 79.5 Å². The van der Waals surface area contributed by atoms with Gasteiger partial charge in [0.2, 0.25) is 0 Å². The van der Waals surface area contributed by atoms with Crippen LogP contribution in [0.15, 0.2) is 12.1 Å². The van der Waals surface area contributed by atoms with Gasteiger partial charge < -0.3 is 11.5 Å². The second-order valence-electron chi connectivity index (χ2n) is 2.52. The van der Waals surface area contributed by atoms with E-state index in [0.717, 1.165) is 6.07 Å². The van der Waals surface area contributed by atoms with Crippen LogP contribution < -0.4 is 11.5 Å². The van der Waals surface area contributed by atoms with E-state index in [-0.39, 0.29) is 22.8 Å². The van der Waals surface area contributed by atoms with Crippen LogP contribution in [0.4, 0.5) is 15.8 Å². The predicted octanol–water partition coefficient (Wildman–Crippen LogP) is 1.41. The monoisotopic (exact) mass is 202 g/mol. The van der Waals surface area contributed by atoms with E-state index in [0.29, 0.717) is 0 Å². The second-order valence-corrected chi connectivity index (χ2v) is 2.79. The lowest BCUT2D eigenvalue weighted by Gasteiger charge is -2.04. The van der Waals surface area contributed by atoms with Crippen LogP contribution in [0.25, 0.3) is 0 Å². The molecule has 0 aromatic heterocycles. The van der Waals surface area contributed by atoms with Crippen molar-refractivity contribution in [2.45, 2.75) is 0 Å². The molecule has 4 N–H and O–H groups in total. The van der Waals surface area contributed by atoms with Crippen molar-refractivity contribution in [1.29, 1.82) is 0 Å². The van der Waals surface area contributed by atoms with Gasteiger partial charge in [0.15, 0.2) is 5.78 Å². The predicted molar refractivity (Wildman–Crippen MR) is 50.3 cm³/mol. The van der Waals surface area contributed by atoms with E-state index in [2.05, 4.69) is 0 Å². The van der Waals surface area contributed by atoms with E-state index in [1.165, 1.54) is 6.07 Å². The lowest BCUT2D eigenvalue weighted by atomic mass is 10.1. The SMILES string of the molecule is Nc1cc(F)c(C(=O)CCl)cc1N. The topological polar surface area (TPSA) is 69.1 Å². The van der Waals surface area contributed by atoms with E-state index in [4.69, 9.17) is 23.1 Å². The third-order valence-electron chi connectivity index (χ3n) is 1.59. The summed E-state index contributed by atoms with van der Waals surface area (Å²) in [5.41, 5.74) is 10.9. The van der Waals surface area contributed by atoms with E-state index in [1.54, 1.807) is 0 Å². The lowest BCUT2D eigenvalue weighted by molar-refractivity contribution is 0.101. The molecular weight excluding hydrogens is 195 g/mol. The van der Waals surface area contributed by atoms with Crippen LogP contribution in [0.3, 0.4) is 0 Å². The number of nitrogen functional groups attached to an aromatic ring is 2. The van der Waals surface area contributed by atoms with Crippen LogP contribution in [-0.2, 0) is 0 Å². The summed E-state index contributed by atoms with van der Waals surface area (Å²) in [5.74, 6) is -1.48. The van der Waals surface area contributed by atoms with Gasteiger partial charge in [0.05, 0.1) is 22.8 Å². The summed E-state index contributed by atoms with van der Waals surface area (Å²) in [6.45, 7) is 0. The molecule has 0 saturated carbocycles. The van der Waals surface area contributed by atoms with Crippen molar-refractivity contribution < 1.29 is 9.18 Å². The van der Waals surface area contributed by atoms with Crippen LogP contribution in [0.2, 0.25) is 0 Å². The first-order valence-corrected chi connectivity index (χ1v) is 4.03. The van der Waals surface area contributed by atoms with Crippen LogP contribution in [0, 0.1) is 5.82 Å². The Hall–Kier alpha value is -1.29. The molecule has 0 heterocycles. The molecule has 3 nitrogen and oxygen atoms in total. The molecule has 0 unspecified atom stereocenters. The van der Waals surface area contributed by atoms with Gasteiger partial charge in [-0.05, 0) is 12.1 Å². The summed E-state index contributed by atoms with van der Waals surface area (Å²) >= 11 is 5.26. The Bertz CT molecular complexity index is 354. The zero-order valence-electron chi connectivity index (χ0n) is 6.68. The number of alkyl halides is 1. The fourth-order valence-electron chi connectivity index (χ4n) is 0.891. The summed E-state index contributed by atoms with van der Waals surface area (Å²) in [5, 5.41) is 0. The van der Waals surface area contributed by atoms with Crippen LogP contribution in [0.5, 0.6) is 0 Å². The highest BCUT2D eigenvalue weighted by Gasteiger charge is 2.12. The van der Waals surface area contributed by atoms with Gasteiger partial charge in [-0.1, -0.05) is 0 Å². The normalized spacial score (nSPS) is 10.0. The zero-order chi connectivity index (χ0) is 10.0.